The molecule has 0 fully saturated rings. The minimum absolute atomic E-state index is 0.184. The van der Waals surface area contributed by atoms with Crippen molar-refractivity contribution in [2.24, 2.45) is 5.11 Å². The molecule has 0 saturated heterocycles. The van der Waals surface area contributed by atoms with Crippen LogP contribution in [-0.4, -0.2) is 25.5 Å². The summed E-state index contributed by atoms with van der Waals surface area (Å²) in [6.07, 6.45) is 0.816. The molecule has 0 atom stereocenters. The molecule has 0 radical (unpaired) electrons. The standard InChI is InChI=1S/C11H11N3O3/c12-14-13-7-9(15)8-2-3-10-11(6-8)17-5-1-4-16-10/h2-3,6H,1,4-5,7H2. The van der Waals surface area contributed by atoms with Crippen LogP contribution in [0.5, 0.6) is 11.5 Å². The van der Waals surface area contributed by atoms with Crippen molar-refractivity contribution in [1.82, 2.24) is 0 Å². The number of carbonyl (C=O) groups is 1. The number of benzene rings is 1. The van der Waals surface area contributed by atoms with Crippen LogP contribution in [-0.2, 0) is 0 Å². The van der Waals surface area contributed by atoms with Crippen LogP contribution in [0.3, 0.4) is 0 Å². The quantitative estimate of drug-likeness (QED) is 0.347. The summed E-state index contributed by atoms with van der Waals surface area (Å²) in [7, 11) is 0. The molecule has 2 rings (SSSR count). The third kappa shape index (κ3) is 2.68. The van der Waals surface area contributed by atoms with Gasteiger partial charge >= 0.3 is 0 Å². The van der Waals surface area contributed by atoms with Crippen LogP contribution in [0.25, 0.3) is 10.4 Å². The maximum absolute atomic E-state index is 11.6. The van der Waals surface area contributed by atoms with Crippen molar-refractivity contribution >= 4 is 5.78 Å². The minimum atomic E-state index is -0.238. The first-order chi connectivity index (χ1) is 8.31. The van der Waals surface area contributed by atoms with E-state index in [1.54, 1.807) is 18.2 Å². The number of hydrogen-bond acceptors (Lipinski definition) is 4. The minimum Gasteiger partial charge on any atom is -0.490 e. The molecule has 0 saturated carbocycles. The van der Waals surface area contributed by atoms with Gasteiger partial charge in [0.15, 0.2) is 17.3 Å². The van der Waals surface area contributed by atoms with Crippen LogP contribution in [0, 0.1) is 0 Å². The fraction of sp³-hybridized carbons (Fsp3) is 0.364. The van der Waals surface area contributed by atoms with E-state index >= 15 is 0 Å². The number of Topliss-reactive ketones (excluding diaryl/α,β-unsaturated/α-hetero) is 1. The highest BCUT2D eigenvalue weighted by molar-refractivity contribution is 5.98. The maximum atomic E-state index is 11.6. The molecule has 6 heteroatoms. The number of fused-ring (bicyclic) bond motifs is 1. The van der Waals surface area contributed by atoms with E-state index in [1.165, 1.54) is 0 Å². The van der Waals surface area contributed by atoms with Crippen LogP contribution in [0.2, 0.25) is 0 Å². The van der Waals surface area contributed by atoms with Crippen LogP contribution in [0.15, 0.2) is 23.3 Å². The lowest BCUT2D eigenvalue weighted by molar-refractivity contribution is 0.100. The number of ether oxygens (including phenoxy) is 2. The average Bonchev–Trinajstić information content (AvgIpc) is 2.60. The fourth-order valence-electron chi connectivity index (χ4n) is 1.52. The first-order valence-electron chi connectivity index (χ1n) is 5.25. The molecule has 6 nitrogen and oxygen atoms in total. The fourth-order valence-corrected chi connectivity index (χ4v) is 1.52. The Bertz CT molecular complexity index is 481. The highest BCUT2D eigenvalue weighted by Gasteiger charge is 2.13. The number of ketones is 1. The lowest BCUT2D eigenvalue weighted by Gasteiger charge is -2.08. The second-order valence-corrected chi connectivity index (χ2v) is 3.52. The van der Waals surface area contributed by atoms with Crippen LogP contribution >= 0.6 is 0 Å². The summed E-state index contributed by atoms with van der Waals surface area (Å²) in [6, 6.07) is 4.96. The Morgan fingerprint density at radius 3 is 2.88 bits per heavy atom. The van der Waals surface area contributed by atoms with Crippen molar-refractivity contribution in [2.75, 3.05) is 19.8 Å². The normalized spacial score (nSPS) is 13.4. The Hall–Kier alpha value is -2.20. The van der Waals surface area contributed by atoms with E-state index in [0.717, 1.165) is 6.42 Å². The Morgan fingerprint density at radius 1 is 1.35 bits per heavy atom. The number of nitrogens with zero attached hydrogens (tertiary/aromatic N) is 3. The van der Waals surface area contributed by atoms with E-state index in [2.05, 4.69) is 10.0 Å². The van der Waals surface area contributed by atoms with Gasteiger partial charge < -0.3 is 9.47 Å². The molecule has 0 unspecified atom stereocenters. The zero-order valence-corrected chi connectivity index (χ0v) is 9.13. The lowest BCUT2D eigenvalue weighted by atomic mass is 10.1. The predicted molar refractivity (Wildman–Crippen MR) is 60.4 cm³/mol. The van der Waals surface area contributed by atoms with E-state index in [0.29, 0.717) is 30.3 Å². The highest BCUT2D eigenvalue weighted by atomic mass is 16.5. The maximum Gasteiger partial charge on any atom is 0.168 e. The summed E-state index contributed by atoms with van der Waals surface area (Å²) in [6.45, 7) is 0.996. The summed E-state index contributed by atoms with van der Waals surface area (Å²) in [5.41, 5.74) is 8.61. The second-order valence-electron chi connectivity index (χ2n) is 3.52. The van der Waals surface area contributed by atoms with Crippen LogP contribution in [0.1, 0.15) is 16.8 Å². The average molecular weight is 233 g/mol. The van der Waals surface area contributed by atoms with Gasteiger partial charge in [-0.3, -0.25) is 4.79 Å². The van der Waals surface area contributed by atoms with Gasteiger partial charge in [0.25, 0.3) is 0 Å². The van der Waals surface area contributed by atoms with Crippen LogP contribution in [0.4, 0.5) is 0 Å². The van der Waals surface area contributed by atoms with Crippen molar-refractivity contribution in [3.63, 3.8) is 0 Å². The summed E-state index contributed by atoms with van der Waals surface area (Å²) < 4.78 is 10.9. The molecule has 0 aromatic heterocycles. The molecule has 0 bridgehead atoms. The molecule has 1 aliphatic heterocycles. The van der Waals surface area contributed by atoms with Gasteiger partial charge in [0, 0.05) is 16.9 Å². The third-order valence-corrected chi connectivity index (χ3v) is 2.35. The zero-order chi connectivity index (χ0) is 12.1. The van der Waals surface area contributed by atoms with Gasteiger partial charge in [-0.25, -0.2) is 0 Å². The molecule has 0 N–H and O–H groups in total. The summed E-state index contributed by atoms with van der Waals surface area (Å²) >= 11 is 0. The van der Waals surface area contributed by atoms with Gasteiger partial charge in [0.1, 0.15) is 0 Å². The van der Waals surface area contributed by atoms with Crippen molar-refractivity contribution in [1.29, 1.82) is 0 Å². The van der Waals surface area contributed by atoms with E-state index in [-0.39, 0.29) is 12.3 Å². The molecular formula is C11H11N3O3. The summed E-state index contributed by atoms with van der Waals surface area (Å²) in [5, 5.41) is 3.24. The lowest BCUT2D eigenvalue weighted by Crippen LogP contribution is -2.03. The summed E-state index contributed by atoms with van der Waals surface area (Å²) in [5.74, 6) is 0.968. The van der Waals surface area contributed by atoms with Crippen molar-refractivity contribution in [3.05, 3.63) is 34.2 Å². The van der Waals surface area contributed by atoms with Crippen molar-refractivity contribution < 1.29 is 14.3 Å². The van der Waals surface area contributed by atoms with Gasteiger partial charge in [0.2, 0.25) is 0 Å². The van der Waals surface area contributed by atoms with E-state index in [1.807, 2.05) is 0 Å². The Labute approximate surface area is 97.8 Å². The van der Waals surface area contributed by atoms with Gasteiger partial charge in [-0.05, 0) is 23.7 Å². The molecule has 1 aromatic carbocycles. The smallest absolute Gasteiger partial charge is 0.168 e. The molecule has 0 aliphatic carbocycles. The molecule has 1 heterocycles. The number of hydrogen-bond donors (Lipinski definition) is 0. The van der Waals surface area contributed by atoms with E-state index in [9.17, 15) is 4.79 Å². The SMILES string of the molecule is [N-]=[N+]=NCC(=O)c1ccc2c(c1)OCCCO2. The zero-order valence-electron chi connectivity index (χ0n) is 9.13. The number of carbonyl (C=O) groups excluding carboxylic acids is 1. The van der Waals surface area contributed by atoms with Gasteiger partial charge in [-0.15, -0.1) is 0 Å². The first kappa shape index (κ1) is 11.3. The molecule has 1 aromatic rings. The summed E-state index contributed by atoms with van der Waals surface area (Å²) in [4.78, 5) is 14.2. The monoisotopic (exact) mass is 233 g/mol. The third-order valence-electron chi connectivity index (χ3n) is 2.35. The Kier molecular flexibility index (Phi) is 3.47. The number of azide groups is 1. The van der Waals surface area contributed by atoms with Crippen molar-refractivity contribution in [2.45, 2.75) is 6.42 Å². The molecule has 1 aliphatic rings. The Morgan fingerprint density at radius 2 is 2.12 bits per heavy atom. The van der Waals surface area contributed by atoms with E-state index in [4.69, 9.17) is 15.0 Å². The molecule has 0 amide bonds. The number of rotatable bonds is 3. The van der Waals surface area contributed by atoms with Crippen LogP contribution < -0.4 is 9.47 Å². The highest BCUT2D eigenvalue weighted by Crippen LogP contribution is 2.30. The Balaban J connectivity index is 2.22. The van der Waals surface area contributed by atoms with E-state index < -0.39 is 0 Å². The van der Waals surface area contributed by atoms with Gasteiger partial charge in [0.05, 0.1) is 19.8 Å². The second kappa shape index (κ2) is 5.23. The molecule has 88 valence electrons. The predicted octanol–water partition coefficient (Wildman–Crippen LogP) is 2.34. The topological polar surface area (TPSA) is 84.3 Å². The molecule has 0 spiro atoms. The molecular weight excluding hydrogens is 222 g/mol. The van der Waals surface area contributed by atoms with Gasteiger partial charge in [-0.2, -0.15) is 0 Å². The molecule has 17 heavy (non-hydrogen) atoms. The first-order valence-corrected chi connectivity index (χ1v) is 5.25. The largest absolute Gasteiger partial charge is 0.490 e. The van der Waals surface area contributed by atoms with Crippen molar-refractivity contribution in [3.8, 4) is 11.5 Å². The van der Waals surface area contributed by atoms with Gasteiger partial charge in [-0.1, -0.05) is 5.11 Å².